The van der Waals surface area contributed by atoms with Crippen molar-refractivity contribution in [3.63, 3.8) is 0 Å². The van der Waals surface area contributed by atoms with E-state index in [-0.39, 0.29) is 34.9 Å². The number of rotatable bonds is 9. The van der Waals surface area contributed by atoms with Gasteiger partial charge >= 0.3 is 0 Å². The molecule has 3 aromatic rings. The second-order valence-corrected chi connectivity index (χ2v) is 9.64. The maximum Gasteiger partial charge on any atom is 0.256 e. The molecule has 1 amide bonds. The van der Waals surface area contributed by atoms with Crippen LogP contribution in [-0.4, -0.2) is 46.7 Å². The normalized spacial score (nSPS) is 11.1. The summed E-state index contributed by atoms with van der Waals surface area (Å²) in [5.41, 5.74) is 1.22. The van der Waals surface area contributed by atoms with Crippen LogP contribution in [-0.2, 0) is 23.1 Å². The molecule has 0 spiro atoms. The second-order valence-electron chi connectivity index (χ2n) is 7.73. The molecule has 0 bridgehead atoms. The maximum atomic E-state index is 14.4. The molecule has 3 aromatic carbocycles. The standard InChI is InChI=1S/C25H27FN2O5S/c1-27(16-18-10-6-5-7-11-18)25(29)20-14-23(32-2)24(33-3)15-22(20)28(34(4,30)31)17-19-12-8-9-13-21(19)26/h5-15H,16-17H2,1-4H3. The lowest BCUT2D eigenvalue weighted by atomic mass is 10.1. The van der Waals surface area contributed by atoms with Crippen molar-refractivity contribution in [1.29, 1.82) is 0 Å². The molecular formula is C25H27FN2O5S. The highest BCUT2D eigenvalue weighted by Crippen LogP contribution is 2.37. The quantitative estimate of drug-likeness (QED) is 0.456. The van der Waals surface area contributed by atoms with E-state index in [0.717, 1.165) is 16.1 Å². The molecule has 0 radical (unpaired) electrons. The molecule has 0 saturated carbocycles. The van der Waals surface area contributed by atoms with Crippen LogP contribution in [0.15, 0.2) is 66.7 Å². The molecule has 0 aliphatic heterocycles. The Morgan fingerprint density at radius 3 is 2.09 bits per heavy atom. The summed E-state index contributed by atoms with van der Waals surface area (Å²) in [7, 11) is 0.537. The number of nitrogens with zero attached hydrogens (tertiary/aromatic N) is 2. The lowest BCUT2D eigenvalue weighted by Gasteiger charge is -2.27. The number of benzene rings is 3. The fourth-order valence-electron chi connectivity index (χ4n) is 3.54. The number of carbonyl (C=O) groups is 1. The summed E-state index contributed by atoms with van der Waals surface area (Å²) in [6.45, 7) is 0.00329. The number of ether oxygens (including phenoxy) is 2. The molecule has 0 aliphatic carbocycles. The third kappa shape index (κ3) is 5.66. The molecule has 180 valence electrons. The Hall–Kier alpha value is -3.59. The van der Waals surface area contributed by atoms with Gasteiger partial charge in [0.25, 0.3) is 5.91 Å². The van der Waals surface area contributed by atoms with Gasteiger partial charge in [-0.05, 0) is 17.7 Å². The minimum Gasteiger partial charge on any atom is -0.493 e. The van der Waals surface area contributed by atoms with Crippen molar-refractivity contribution in [2.75, 3.05) is 31.8 Å². The molecule has 0 fully saturated rings. The van der Waals surface area contributed by atoms with Crippen molar-refractivity contribution in [3.8, 4) is 11.5 Å². The zero-order valence-electron chi connectivity index (χ0n) is 19.5. The monoisotopic (exact) mass is 486 g/mol. The molecule has 9 heteroatoms. The van der Waals surface area contributed by atoms with Gasteiger partial charge in [-0.2, -0.15) is 0 Å². The van der Waals surface area contributed by atoms with Crippen LogP contribution >= 0.6 is 0 Å². The fourth-order valence-corrected chi connectivity index (χ4v) is 4.42. The SMILES string of the molecule is COc1cc(C(=O)N(C)Cc2ccccc2)c(N(Cc2ccccc2F)S(C)(=O)=O)cc1OC. The number of hydrogen-bond donors (Lipinski definition) is 0. The van der Waals surface area contributed by atoms with Gasteiger partial charge in [0.2, 0.25) is 10.0 Å². The topological polar surface area (TPSA) is 76.2 Å². The molecule has 0 aromatic heterocycles. The first-order valence-corrected chi connectivity index (χ1v) is 12.3. The van der Waals surface area contributed by atoms with E-state index in [1.807, 2.05) is 30.3 Å². The first-order valence-electron chi connectivity index (χ1n) is 10.4. The molecule has 0 aliphatic rings. The van der Waals surface area contributed by atoms with Gasteiger partial charge in [-0.15, -0.1) is 0 Å². The minimum atomic E-state index is -3.92. The summed E-state index contributed by atoms with van der Waals surface area (Å²) >= 11 is 0. The summed E-state index contributed by atoms with van der Waals surface area (Å²) in [6.07, 6.45) is 1.01. The molecule has 0 heterocycles. The first kappa shape index (κ1) is 25.0. The molecule has 0 atom stereocenters. The number of methoxy groups -OCH3 is 2. The van der Waals surface area contributed by atoms with E-state index >= 15 is 0 Å². The Labute approximate surface area is 199 Å². The van der Waals surface area contributed by atoms with E-state index in [1.54, 1.807) is 13.1 Å². The van der Waals surface area contributed by atoms with Crippen LogP contribution in [0, 0.1) is 5.82 Å². The fraction of sp³-hybridized carbons (Fsp3) is 0.240. The van der Waals surface area contributed by atoms with Gasteiger partial charge in [-0.25, -0.2) is 12.8 Å². The van der Waals surface area contributed by atoms with Gasteiger partial charge < -0.3 is 14.4 Å². The average molecular weight is 487 g/mol. The van der Waals surface area contributed by atoms with E-state index in [2.05, 4.69) is 0 Å². The molecule has 7 nitrogen and oxygen atoms in total. The Morgan fingerprint density at radius 2 is 1.50 bits per heavy atom. The van der Waals surface area contributed by atoms with Crippen LogP contribution in [0.3, 0.4) is 0 Å². The van der Waals surface area contributed by atoms with Gasteiger partial charge in [0.05, 0.1) is 38.3 Å². The molecule has 34 heavy (non-hydrogen) atoms. The molecule has 0 unspecified atom stereocenters. The van der Waals surface area contributed by atoms with Crippen molar-refractivity contribution >= 4 is 21.6 Å². The average Bonchev–Trinajstić information content (AvgIpc) is 2.82. The van der Waals surface area contributed by atoms with Crippen molar-refractivity contribution in [2.45, 2.75) is 13.1 Å². The summed E-state index contributed by atoms with van der Waals surface area (Å²) < 4.78 is 51.8. The second kappa shape index (κ2) is 10.6. The largest absolute Gasteiger partial charge is 0.493 e. The summed E-state index contributed by atoms with van der Waals surface area (Å²) in [4.78, 5) is 15.0. The number of hydrogen-bond acceptors (Lipinski definition) is 5. The summed E-state index contributed by atoms with van der Waals surface area (Å²) in [6, 6.07) is 18.2. The Kier molecular flexibility index (Phi) is 7.78. The van der Waals surface area contributed by atoms with Crippen molar-refractivity contribution in [3.05, 3.63) is 89.2 Å². The third-order valence-corrected chi connectivity index (χ3v) is 6.41. The predicted octanol–water partition coefficient (Wildman–Crippen LogP) is 4.08. The molecule has 0 saturated heterocycles. The highest BCUT2D eigenvalue weighted by Gasteiger charge is 2.28. The van der Waals surface area contributed by atoms with E-state index in [9.17, 15) is 17.6 Å². The number of halogens is 1. The van der Waals surface area contributed by atoms with E-state index in [4.69, 9.17) is 9.47 Å². The number of carbonyl (C=O) groups excluding carboxylic acids is 1. The van der Waals surface area contributed by atoms with Crippen molar-refractivity contribution < 1.29 is 27.1 Å². The van der Waals surface area contributed by atoms with Crippen molar-refractivity contribution in [1.82, 2.24) is 4.90 Å². The number of sulfonamides is 1. The first-order chi connectivity index (χ1) is 16.2. The maximum absolute atomic E-state index is 14.4. The van der Waals surface area contributed by atoms with E-state index in [0.29, 0.717) is 6.54 Å². The smallest absolute Gasteiger partial charge is 0.256 e. The van der Waals surface area contributed by atoms with E-state index < -0.39 is 21.7 Å². The third-order valence-electron chi connectivity index (χ3n) is 5.28. The molecular weight excluding hydrogens is 459 g/mol. The van der Waals surface area contributed by atoms with Gasteiger partial charge in [0, 0.05) is 25.2 Å². The van der Waals surface area contributed by atoms with Crippen LogP contribution in [0.25, 0.3) is 0 Å². The lowest BCUT2D eigenvalue weighted by molar-refractivity contribution is 0.0785. The van der Waals surface area contributed by atoms with Crippen LogP contribution < -0.4 is 13.8 Å². The highest BCUT2D eigenvalue weighted by molar-refractivity contribution is 7.92. The predicted molar refractivity (Wildman–Crippen MR) is 129 cm³/mol. The summed E-state index contributed by atoms with van der Waals surface area (Å²) in [5, 5.41) is 0. The zero-order chi connectivity index (χ0) is 24.9. The number of amides is 1. The van der Waals surface area contributed by atoms with Crippen LogP contribution in [0.2, 0.25) is 0 Å². The van der Waals surface area contributed by atoms with Gasteiger partial charge in [0.15, 0.2) is 11.5 Å². The molecule has 3 rings (SSSR count). The van der Waals surface area contributed by atoms with Crippen LogP contribution in [0.1, 0.15) is 21.5 Å². The Morgan fingerprint density at radius 1 is 0.912 bits per heavy atom. The zero-order valence-corrected chi connectivity index (χ0v) is 20.3. The van der Waals surface area contributed by atoms with Gasteiger partial charge in [-0.3, -0.25) is 9.10 Å². The minimum absolute atomic E-state index is 0.0633. The highest BCUT2D eigenvalue weighted by atomic mass is 32.2. The number of anilines is 1. The Balaban J connectivity index is 2.13. The van der Waals surface area contributed by atoms with E-state index in [1.165, 1.54) is 49.5 Å². The van der Waals surface area contributed by atoms with Crippen LogP contribution in [0.5, 0.6) is 11.5 Å². The van der Waals surface area contributed by atoms with Gasteiger partial charge in [0.1, 0.15) is 5.82 Å². The van der Waals surface area contributed by atoms with Crippen LogP contribution in [0.4, 0.5) is 10.1 Å². The Bertz CT molecular complexity index is 1270. The lowest BCUT2D eigenvalue weighted by Crippen LogP contribution is -2.33. The summed E-state index contributed by atoms with van der Waals surface area (Å²) in [5.74, 6) is -0.475. The van der Waals surface area contributed by atoms with Crippen molar-refractivity contribution in [2.24, 2.45) is 0 Å². The van der Waals surface area contributed by atoms with Gasteiger partial charge in [-0.1, -0.05) is 48.5 Å². The molecule has 0 N–H and O–H groups in total.